The highest BCUT2D eigenvalue weighted by molar-refractivity contribution is 5.80. The topological polar surface area (TPSA) is 95.9 Å². The number of nitrogens with zero attached hydrogens (tertiary/aromatic N) is 1. The Labute approximate surface area is 187 Å². The number of carboxylic acid groups (broad SMARTS) is 1. The number of carboxylic acids is 1. The number of benzene rings is 2. The SMILES string of the molecule is CC[C@@H](CC(=O)N1CC(CC(=O)O)C1)NC(=O)OCC1c2ccccc2-c2ccccc21. The van der Waals surface area contributed by atoms with Gasteiger partial charge in [-0.25, -0.2) is 4.79 Å². The molecular formula is C25H28N2O5. The van der Waals surface area contributed by atoms with E-state index in [0.29, 0.717) is 19.5 Å². The molecule has 4 rings (SSSR count). The molecule has 1 heterocycles. The van der Waals surface area contributed by atoms with Crippen LogP contribution in [0, 0.1) is 5.92 Å². The molecule has 0 bridgehead atoms. The van der Waals surface area contributed by atoms with Crippen molar-refractivity contribution in [1.82, 2.24) is 10.2 Å². The molecule has 7 heteroatoms. The maximum absolute atomic E-state index is 12.5. The fraction of sp³-hybridized carbons (Fsp3) is 0.400. The number of carbonyl (C=O) groups is 3. The van der Waals surface area contributed by atoms with Gasteiger partial charge in [0.1, 0.15) is 6.61 Å². The minimum Gasteiger partial charge on any atom is -0.481 e. The lowest BCUT2D eigenvalue weighted by Gasteiger charge is -2.39. The molecule has 0 radical (unpaired) electrons. The number of carbonyl (C=O) groups excluding carboxylic acids is 2. The highest BCUT2D eigenvalue weighted by Gasteiger charge is 2.33. The van der Waals surface area contributed by atoms with Crippen molar-refractivity contribution < 1.29 is 24.2 Å². The lowest BCUT2D eigenvalue weighted by molar-refractivity contribution is -0.145. The van der Waals surface area contributed by atoms with E-state index in [4.69, 9.17) is 9.84 Å². The van der Waals surface area contributed by atoms with Gasteiger partial charge in [-0.15, -0.1) is 0 Å². The van der Waals surface area contributed by atoms with Crippen molar-refractivity contribution in [3.63, 3.8) is 0 Å². The molecule has 1 atom stereocenters. The number of alkyl carbamates (subject to hydrolysis) is 1. The third-order valence-corrected chi connectivity index (χ3v) is 6.35. The van der Waals surface area contributed by atoms with Crippen LogP contribution in [0.1, 0.15) is 43.2 Å². The number of aliphatic carboxylic acids is 1. The summed E-state index contributed by atoms with van der Waals surface area (Å²) in [5.41, 5.74) is 4.64. The van der Waals surface area contributed by atoms with Gasteiger partial charge in [0.05, 0.1) is 6.42 Å². The molecule has 2 amide bonds. The number of hydrogen-bond acceptors (Lipinski definition) is 4. The van der Waals surface area contributed by atoms with E-state index >= 15 is 0 Å². The summed E-state index contributed by atoms with van der Waals surface area (Å²) in [5, 5.41) is 11.6. The van der Waals surface area contributed by atoms with Crippen molar-refractivity contribution in [3.05, 3.63) is 59.7 Å². The van der Waals surface area contributed by atoms with Gasteiger partial charge in [0, 0.05) is 37.4 Å². The maximum Gasteiger partial charge on any atom is 0.407 e. The van der Waals surface area contributed by atoms with Gasteiger partial charge in [-0.3, -0.25) is 9.59 Å². The van der Waals surface area contributed by atoms with Crippen molar-refractivity contribution >= 4 is 18.0 Å². The summed E-state index contributed by atoms with van der Waals surface area (Å²) in [7, 11) is 0. The van der Waals surface area contributed by atoms with Crippen molar-refractivity contribution in [2.24, 2.45) is 5.92 Å². The third kappa shape index (κ3) is 4.61. The molecule has 2 aliphatic rings. The van der Waals surface area contributed by atoms with Crippen LogP contribution in [0.2, 0.25) is 0 Å². The summed E-state index contributed by atoms with van der Waals surface area (Å²) < 4.78 is 5.57. The molecule has 0 spiro atoms. The minimum atomic E-state index is -0.842. The molecule has 0 aromatic heterocycles. The normalized spacial score (nSPS) is 16.0. The first kappa shape index (κ1) is 21.9. The highest BCUT2D eigenvalue weighted by atomic mass is 16.5. The maximum atomic E-state index is 12.5. The van der Waals surface area contributed by atoms with Crippen LogP contribution >= 0.6 is 0 Å². The van der Waals surface area contributed by atoms with Crippen molar-refractivity contribution in [2.45, 2.75) is 38.1 Å². The van der Waals surface area contributed by atoms with E-state index in [0.717, 1.165) is 11.1 Å². The summed E-state index contributed by atoms with van der Waals surface area (Å²) in [6, 6.07) is 16.0. The van der Waals surface area contributed by atoms with Gasteiger partial charge in [-0.05, 0) is 28.7 Å². The largest absolute Gasteiger partial charge is 0.481 e. The first-order chi connectivity index (χ1) is 15.5. The Bertz CT molecular complexity index is 969. The number of nitrogens with one attached hydrogen (secondary N) is 1. The number of amides is 2. The number of rotatable bonds is 8. The summed E-state index contributed by atoms with van der Waals surface area (Å²) >= 11 is 0. The van der Waals surface area contributed by atoms with E-state index in [2.05, 4.69) is 29.6 Å². The van der Waals surface area contributed by atoms with Crippen LogP contribution in [0.3, 0.4) is 0 Å². The molecule has 7 nitrogen and oxygen atoms in total. The summed E-state index contributed by atoms with van der Waals surface area (Å²) in [6.07, 6.45) is 0.334. The predicted octanol–water partition coefficient (Wildman–Crippen LogP) is 3.63. The Kier molecular flexibility index (Phi) is 6.44. The lowest BCUT2D eigenvalue weighted by Crippen LogP contribution is -2.52. The molecule has 2 aromatic rings. The van der Waals surface area contributed by atoms with E-state index in [1.807, 2.05) is 31.2 Å². The van der Waals surface area contributed by atoms with Crippen LogP contribution in [0.25, 0.3) is 11.1 Å². The van der Waals surface area contributed by atoms with E-state index in [1.165, 1.54) is 11.1 Å². The second-order valence-corrected chi connectivity index (χ2v) is 8.54. The average molecular weight is 437 g/mol. The van der Waals surface area contributed by atoms with Crippen LogP contribution in [-0.4, -0.2) is 53.7 Å². The fourth-order valence-corrected chi connectivity index (χ4v) is 4.59. The highest BCUT2D eigenvalue weighted by Crippen LogP contribution is 2.44. The summed E-state index contributed by atoms with van der Waals surface area (Å²) in [4.78, 5) is 37.3. The van der Waals surface area contributed by atoms with Crippen molar-refractivity contribution in [3.8, 4) is 11.1 Å². The number of ether oxygens (including phenoxy) is 1. The van der Waals surface area contributed by atoms with Crippen LogP contribution in [0.15, 0.2) is 48.5 Å². The number of fused-ring (bicyclic) bond motifs is 3. The van der Waals surface area contributed by atoms with E-state index in [1.54, 1.807) is 4.90 Å². The molecule has 32 heavy (non-hydrogen) atoms. The molecule has 1 aliphatic carbocycles. The molecule has 1 aliphatic heterocycles. The molecule has 0 unspecified atom stereocenters. The zero-order valence-electron chi connectivity index (χ0n) is 18.1. The third-order valence-electron chi connectivity index (χ3n) is 6.35. The van der Waals surface area contributed by atoms with Gasteiger partial charge in [0.2, 0.25) is 5.91 Å². The molecule has 2 aromatic carbocycles. The Hall–Kier alpha value is -3.35. The number of hydrogen-bond donors (Lipinski definition) is 2. The Balaban J connectivity index is 1.29. The van der Waals surface area contributed by atoms with Gasteiger partial charge >= 0.3 is 12.1 Å². The van der Waals surface area contributed by atoms with Gasteiger partial charge in [-0.1, -0.05) is 55.5 Å². The van der Waals surface area contributed by atoms with Gasteiger partial charge in [-0.2, -0.15) is 0 Å². The molecular weight excluding hydrogens is 408 g/mol. The standard InChI is InChI=1S/C25H28N2O5/c1-2-17(12-23(28)27-13-16(14-27)11-24(29)30)26-25(31)32-15-22-20-9-5-3-7-18(20)19-8-4-6-10-21(19)22/h3-10,16-17,22H,2,11-15H2,1H3,(H,26,31)(H,29,30)/t17-/m0/s1. The molecule has 1 fully saturated rings. The van der Waals surface area contributed by atoms with Gasteiger partial charge in [0.15, 0.2) is 0 Å². The monoisotopic (exact) mass is 436 g/mol. The van der Waals surface area contributed by atoms with Gasteiger partial charge < -0.3 is 20.1 Å². The van der Waals surface area contributed by atoms with Crippen molar-refractivity contribution in [1.29, 1.82) is 0 Å². The quantitative estimate of drug-likeness (QED) is 0.659. The predicted molar refractivity (Wildman–Crippen MR) is 119 cm³/mol. The zero-order chi connectivity index (χ0) is 22.7. The van der Waals surface area contributed by atoms with Crippen LogP contribution < -0.4 is 5.32 Å². The van der Waals surface area contributed by atoms with Gasteiger partial charge in [0.25, 0.3) is 0 Å². The average Bonchev–Trinajstić information content (AvgIpc) is 3.07. The van der Waals surface area contributed by atoms with Crippen LogP contribution in [-0.2, 0) is 14.3 Å². The Morgan fingerprint density at radius 2 is 1.66 bits per heavy atom. The summed E-state index contributed by atoms with van der Waals surface area (Å²) in [6.45, 7) is 3.07. The van der Waals surface area contributed by atoms with Crippen LogP contribution in [0.5, 0.6) is 0 Å². The second kappa shape index (κ2) is 9.42. The first-order valence-electron chi connectivity index (χ1n) is 11.1. The molecule has 0 saturated carbocycles. The van der Waals surface area contributed by atoms with Crippen LogP contribution in [0.4, 0.5) is 4.79 Å². The van der Waals surface area contributed by atoms with E-state index in [9.17, 15) is 14.4 Å². The van der Waals surface area contributed by atoms with E-state index < -0.39 is 12.1 Å². The molecule has 168 valence electrons. The minimum absolute atomic E-state index is 0.0119. The zero-order valence-corrected chi connectivity index (χ0v) is 18.1. The van der Waals surface area contributed by atoms with Crippen molar-refractivity contribution in [2.75, 3.05) is 19.7 Å². The first-order valence-corrected chi connectivity index (χ1v) is 11.1. The smallest absolute Gasteiger partial charge is 0.407 e. The lowest BCUT2D eigenvalue weighted by atomic mass is 9.95. The Morgan fingerprint density at radius 3 is 2.22 bits per heavy atom. The molecule has 1 saturated heterocycles. The second-order valence-electron chi connectivity index (χ2n) is 8.54. The Morgan fingerprint density at radius 1 is 1.06 bits per heavy atom. The van der Waals surface area contributed by atoms with E-state index in [-0.39, 0.29) is 43.2 Å². The summed E-state index contributed by atoms with van der Waals surface area (Å²) in [5.74, 6) is -0.906. The number of likely N-dealkylation sites (tertiary alicyclic amines) is 1. The molecule has 2 N–H and O–H groups in total. The fourth-order valence-electron chi connectivity index (χ4n) is 4.59.